The molecule has 0 radical (unpaired) electrons. The molecule has 116 valence electrons. The summed E-state index contributed by atoms with van der Waals surface area (Å²) in [5, 5.41) is 11.1. The van der Waals surface area contributed by atoms with E-state index in [1.165, 1.54) is 38.5 Å². The predicted molar refractivity (Wildman–Crippen MR) is 86.7 cm³/mol. The van der Waals surface area contributed by atoms with Crippen LogP contribution < -0.4 is 5.43 Å². The van der Waals surface area contributed by atoms with Crippen molar-refractivity contribution in [2.75, 3.05) is 6.54 Å². The SMILES string of the molecule is O=C(O)CCN1NC(C23CC4CC(CC(C4)C2)C3)SC1=S. The molecule has 0 aromatic carbocycles. The van der Waals surface area contributed by atoms with Crippen LogP contribution in [0.1, 0.15) is 44.9 Å². The third kappa shape index (κ3) is 2.49. The Bertz CT molecular complexity index is 447. The Balaban J connectivity index is 1.47. The van der Waals surface area contributed by atoms with Gasteiger partial charge in [-0.2, -0.15) is 0 Å². The van der Waals surface area contributed by atoms with Gasteiger partial charge in [0.15, 0.2) is 4.32 Å². The second-order valence-electron chi connectivity index (χ2n) is 7.47. The molecule has 0 amide bonds. The van der Waals surface area contributed by atoms with Crippen LogP contribution in [0.3, 0.4) is 0 Å². The first-order valence-electron chi connectivity index (χ1n) is 8.00. The average molecular weight is 326 g/mol. The zero-order valence-electron chi connectivity index (χ0n) is 12.1. The predicted octanol–water partition coefficient (Wildman–Crippen LogP) is 2.84. The highest BCUT2D eigenvalue weighted by Gasteiger charge is 2.56. The van der Waals surface area contributed by atoms with Gasteiger partial charge in [0.05, 0.1) is 11.8 Å². The van der Waals surface area contributed by atoms with Crippen molar-refractivity contribution in [3.05, 3.63) is 0 Å². The van der Waals surface area contributed by atoms with Crippen molar-refractivity contribution < 1.29 is 9.90 Å². The van der Waals surface area contributed by atoms with Crippen LogP contribution >= 0.6 is 24.0 Å². The van der Waals surface area contributed by atoms with Crippen LogP contribution in [0.15, 0.2) is 0 Å². The molecular formula is C15H22N2O2S2. The molecule has 2 N–H and O–H groups in total. The van der Waals surface area contributed by atoms with E-state index in [1.807, 2.05) is 5.01 Å². The molecule has 0 spiro atoms. The molecule has 6 heteroatoms. The number of hydrazine groups is 1. The van der Waals surface area contributed by atoms with Crippen molar-refractivity contribution >= 4 is 34.3 Å². The summed E-state index contributed by atoms with van der Waals surface area (Å²) in [5.74, 6) is 2.03. The van der Waals surface area contributed by atoms with E-state index in [-0.39, 0.29) is 6.42 Å². The van der Waals surface area contributed by atoms with Crippen LogP contribution in [0, 0.1) is 23.2 Å². The van der Waals surface area contributed by atoms with Gasteiger partial charge in [-0.15, -0.1) is 0 Å². The lowest BCUT2D eigenvalue weighted by Crippen LogP contribution is -2.55. The van der Waals surface area contributed by atoms with E-state index in [9.17, 15) is 4.79 Å². The van der Waals surface area contributed by atoms with E-state index < -0.39 is 5.97 Å². The Morgan fingerprint density at radius 2 is 1.86 bits per heavy atom. The van der Waals surface area contributed by atoms with E-state index in [1.54, 1.807) is 11.8 Å². The molecular weight excluding hydrogens is 304 g/mol. The molecule has 1 atom stereocenters. The van der Waals surface area contributed by atoms with Crippen molar-refractivity contribution in [3.8, 4) is 0 Å². The zero-order chi connectivity index (χ0) is 14.6. The normalized spacial score (nSPS) is 44.6. The summed E-state index contributed by atoms with van der Waals surface area (Å²) in [6.45, 7) is 0.476. The third-order valence-corrected chi connectivity index (χ3v) is 7.68. The second kappa shape index (κ2) is 5.10. The van der Waals surface area contributed by atoms with Crippen molar-refractivity contribution in [2.24, 2.45) is 23.2 Å². The van der Waals surface area contributed by atoms with Gasteiger partial charge in [-0.3, -0.25) is 9.80 Å². The van der Waals surface area contributed by atoms with Gasteiger partial charge in [-0.1, -0.05) is 24.0 Å². The van der Waals surface area contributed by atoms with Crippen LogP contribution in [-0.2, 0) is 4.79 Å². The molecule has 5 fully saturated rings. The molecule has 21 heavy (non-hydrogen) atoms. The van der Waals surface area contributed by atoms with Crippen molar-refractivity contribution in [1.82, 2.24) is 10.4 Å². The van der Waals surface area contributed by atoms with E-state index in [0.29, 0.717) is 17.3 Å². The molecule has 1 unspecified atom stereocenters. The van der Waals surface area contributed by atoms with Gasteiger partial charge in [0.1, 0.15) is 0 Å². The number of carboxylic acid groups (broad SMARTS) is 1. The number of nitrogens with zero attached hydrogens (tertiary/aromatic N) is 1. The van der Waals surface area contributed by atoms with Crippen molar-refractivity contribution in [3.63, 3.8) is 0 Å². The van der Waals surface area contributed by atoms with E-state index in [4.69, 9.17) is 17.3 Å². The quantitative estimate of drug-likeness (QED) is 0.775. The van der Waals surface area contributed by atoms with Crippen LogP contribution in [0.4, 0.5) is 0 Å². The van der Waals surface area contributed by atoms with Gasteiger partial charge in [-0.25, -0.2) is 5.43 Å². The highest BCUT2D eigenvalue weighted by Crippen LogP contribution is 2.63. The number of hydrogen-bond acceptors (Lipinski definition) is 4. The summed E-state index contributed by atoms with van der Waals surface area (Å²) in [6, 6.07) is 0. The van der Waals surface area contributed by atoms with E-state index >= 15 is 0 Å². The molecule has 1 saturated heterocycles. The summed E-state index contributed by atoms with van der Waals surface area (Å²) in [7, 11) is 0. The lowest BCUT2D eigenvalue weighted by molar-refractivity contribution is -0.137. The Kier molecular flexibility index (Phi) is 3.47. The Hall–Kier alpha value is -0.330. The average Bonchev–Trinajstić information content (AvgIpc) is 2.77. The molecule has 4 nitrogen and oxygen atoms in total. The molecule has 5 rings (SSSR count). The second-order valence-corrected chi connectivity index (χ2v) is 9.21. The molecule has 5 aliphatic rings. The number of aliphatic carboxylic acids is 1. The lowest BCUT2D eigenvalue weighted by Gasteiger charge is -2.58. The number of carboxylic acids is 1. The highest BCUT2D eigenvalue weighted by molar-refractivity contribution is 8.23. The standard InChI is InChI=1S/C15H22N2O2S2/c18-12(19)1-2-17-14(20)21-13(16-17)15-6-9-3-10(7-15)5-11(4-9)8-15/h9-11,13,16H,1-8H2,(H,18,19). The van der Waals surface area contributed by atoms with Crippen LogP contribution in [0.25, 0.3) is 0 Å². The minimum absolute atomic E-state index is 0.140. The van der Waals surface area contributed by atoms with E-state index in [0.717, 1.165) is 22.1 Å². The number of hydrogen-bond donors (Lipinski definition) is 2. The minimum Gasteiger partial charge on any atom is -0.481 e. The summed E-state index contributed by atoms with van der Waals surface area (Å²) >= 11 is 7.23. The molecule has 4 saturated carbocycles. The number of thioether (sulfide) groups is 1. The van der Waals surface area contributed by atoms with Gasteiger partial charge in [0, 0.05) is 6.54 Å². The summed E-state index contributed by atoms with van der Waals surface area (Å²) in [4.78, 5) is 10.8. The first-order valence-corrected chi connectivity index (χ1v) is 9.29. The summed E-state index contributed by atoms with van der Waals surface area (Å²) < 4.78 is 0.831. The molecule has 0 aromatic heterocycles. The Morgan fingerprint density at radius 3 is 2.38 bits per heavy atom. The van der Waals surface area contributed by atoms with Crippen molar-refractivity contribution in [1.29, 1.82) is 0 Å². The van der Waals surface area contributed by atoms with Gasteiger partial charge >= 0.3 is 5.97 Å². The zero-order valence-corrected chi connectivity index (χ0v) is 13.7. The van der Waals surface area contributed by atoms with Crippen LogP contribution in [0.2, 0.25) is 0 Å². The summed E-state index contributed by atoms with van der Waals surface area (Å²) in [6.07, 6.45) is 8.52. The number of carbonyl (C=O) groups is 1. The molecule has 1 aliphatic heterocycles. The molecule has 0 aromatic rings. The maximum atomic E-state index is 10.8. The highest BCUT2D eigenvalue weighted by atomic mass is 32.2. The number of nitrogens with one attached hydrogen (secondary N) is 1. The van der Waals surface area contributed by atoms with Gasteiger partial charge in [0.2, 0.25) is 0 Å². The number of rotatable bonds is 4. The summed E-state index contributed by atoms with van der Waals surface area (Å²) in [5.41, 5.74) is 3.95. The Labute approximate surface area is 135 Å². The molecule has 4 aliphatic carbocycles. The topological polar surface area (TPSA) is 52.6 Å². The van der Waals surface area contributed by atoms with Crippen LogP contribution in [0.5, 0.6) is 0 Å². The first-order chi connectivity index (χ1) is 10.0. The fourth-order valence-corrected chi connectivity index (χ4v) is 7.13. The van der Waals surface area contributed by atoms with Gasteiger partial charge in [-0.05, 0) is 61.7 Å². The minimum atomic E-state index is -0.761. The largest absolute Gasteiger partial charge is 0.481 e. The van der Waals surface area contributed by atoms with Crippen molar-refractivity contribution in [2.45, 2.75) is 50.3 Å². The van der Waals surface area contributed by atoms with Gasteiger partial charge < -0.3 is 5.11 Å². The fourth-order valence-electron chi connectivity index (χ4n) is 5.51. The first kappa shape index (κ1) is 14.3. The smallest absolute Gasteiger partial charge is 0.305 e. The van der Waals surface area contributed by atoms with E-state index in [2.05, 4.69) is 5.43 Å². The fraction of sp³-hybridized carbons (Fsp3) is 0.867. The molecule has 1 heterocycles. The van der Waals surface area contributed by atoms with Crippen LogP contribution in [-0.4, -0.2) is 32.3 Å². The number of thiocarbonyl (C=S) groups is 1. The van der Waals surface area contributed by atoms with Gasteiger partial charge in [0.25, 0.3) is 0 Å². The molecule has 4 bridgehead atoms. The maximum Gasteiger partial charge on any atom is 0.305 e. The lowest BCUT2D eigenvalue weighted by atomic mass is 9.49. The third-order valence-electron chi connectivity index (χ3n) is 5.90. The maximum absolute atomic E-state index is 10.8. The monoisotopic (exact) mass is 326 g/mol. The Morgan fingerprint density at radius 1 is 1.29 bits per heavy atom.